The molecule has 0 radical (unpaired) electrons. The van der Waals surface area contributed by atoms with Crippen LogP contribution in [0.1, 0.15) is 29.8 Å². The van der Waals surface area contributed by atoms with E-state index in [1.165, 1.54) is 12.0 Å². The monoisotopic (exact) mass is 297 g/mol. The topological polar surface area (TPSA) is 84.7 Å². The molecular formula is C14H23N3O4. The molecular weight excluding hydrogens is 274 g/mol. The van der Waals surface area contributed by atoms with E-state index >= 15 is 0 Å². The van der Waals surface area contributed by atoms with E-state index in [0.29, 0.717) is 6.61 Å². The number of aromatic nitrogens is 2. The van der Waals surface area contributed by atoms with Crippen LogP contribution in [0.25, 0.3) is 0 Å². The standard InChI is InChI=1S/C14H23N3O4/c1-9(13-10(2)15-16(4)11(13)3)14(20)17(6-7-21-5)8-12(18)19/h9H,6-8H2,1-5H3,(H,18,19). The first-order valence-electron chi connectivity index (χ1n) is 6.79. The second kappa shape index (κ2) is 7.21. The molecule has 1 amide bonds. The van der Waals surface area contributed by atoms with Crippen molar-refractivity contribution in [1.29, 1.82) is 0 Å². The Morgan fingerprint density at radius 2 is 2.05 bits per heavy atom. The highest BCUT2D eigenvalue weighted by Gasteiger charge is 2.27. The normalized spacial score (nSPS) is 12.2. The van der Waals surface area contributed by atoms with Gasteiger partial charge in [-0.1, -0.05) is 0 Å². The predicted octanol–water partition coefficient (Wildman–Crippen LogP) is 0.700. The van der Waals surface area contributed by atoms with Gasteiger partial charge in [0.2, 0.25) is 5.91 Å². The average Bonchev–Trinajstić information content (AvgIpc) is 2.66. The van der Waals surface area contributed by atoms with E-state index in [0.717, 1.165) is 17.0 Å². The molecule has 7 heteroatoms. The molecule has 0 aliphatic rings. The van der Waals surface area contributed by atoms with Gasteiger partial charge in [-0.2, -0.15) is 5.10 Å². The maximum Gasteiger partial charge on any atom is 0.323 e. The summed E-state index contributed by atoms with van der Waals surface area (Å²) < 4.78 is 6.67. The molecule has 118 valence electrons. The van der Waals surface area contributed by atoms with Gasteiger partial charge >= 0.3 is 5.97 Å². The van der Waals surface area contributed by atoms with E-state index in [9.17, 15) is 9.59 Å². The van der Waals surface area contributed by atoms with Crippen LogP contribution in [-0.2, 0) is 21.4 Å². The summed E-state index contributed by atoms with van der Waals surface area (Å²) in [4.78, 5) is 24.8. The third kappa shape index (κ3) is 4.04. The van der Waals surface area contributed by atoms with Crippen LogP contribution in [0.4, 0.5) is 0 Å². The number of carboxylic acids is 1. The molecule has 1 rings (SSSR count). The van der Waals surface area contributed by atoms with Crippen LogP contribution in [0, 0.1) is 13.8 Å². The lowest BCUT2D eigenvalue weighted by molar-refractivity contribution is -0.145. The fourth-order valence-electron chi connectivity index (χ4n) is 2.45. The number of carbonyl (C=O) groups excluding carboxylic acids is 1. The minimum atomic E-state index is -1.04. The number of methoxy groups -OCH3 is 1. The number of rotatable bonds is 7. The van der Waals surface area contributed by atoms with E-state index in [-0.39, 0.29) is 19.0 Å². The van der Waals surface area contributed by atoms with Crippen molar-refractivity contribution in [3.63, 3.8) is 0 Å². The number of hydrogen-bond acceptors (Lipinski definition) is 4. The first-order chi connectivity index (χ1) is 9.79. The molecule has 0 saturated carbocycles. The molecule has 0 fully saturated rings. The number of carboxylic acid groups (broad SMARTS) is 1. The summed E-state index contributed by atoms with van der Waals surface area (Å²) in [7, 11) is 3.34. The largest absolute Gasteiger partial charge is 0.480 e. The molecule has 0 aliphatic heterocycles. The zero-order chi connectivity index (χ0) is 16.2. The second-order valence-corrected chi connectivity index (χ2v) is 5.08. The highest BCUT2D eigenvalue weighted by molar-refractivity contribution is 5.86. The van der Waals surface area contributed by atoms with Crippen LogP contribution in [-0.4, -0.2) is 58.5 Å². The van der Waals surface area contributed by atoms with Crippen molar-refractivity contribution in [1.82, 2.24) is 14.7 Å². The number of amides is 1. The van der Waals surface area contributed by atoms with Crippen LogP contribution >= 0.6 is 0 Å². The first kappa shape index (κ1) is 17.2. The van der Waals surface area contributed by atoms with Crippen molar-refractivity contribution >= 4 is 11.9 Å². The Morgan fingerprint density at radius 3 is 2.48 bits per heavy atom. The van der Waals surface area contributed by atoms with Crippen LogP contribution in [0.5, 0.6) is 0 Å². The number of hydrogen-bond donors (Lipinski definition) is 1. The number of aliphatic carboxylic acids is 1. The van der Waals surface area contributed by atoms with Gasteiger partial charge in [0.25, 0.3) is 0 Å². The predicted molar refractivity (Wildman–Crippen MR) is 77.2 cm³/mol. The molecule has 0 bridgehead atoms. The van der Waals surface area contributed by atoms with Crippen LogP contribution < -0.4 is 0 Å². The van der Waals surface area contributed by atoms with Crippen molar-refractivity contribution in [2.24, 2.45) is 7.05 Å². The Balaban J connectivity index is 2.98. The lowest BCUT2D eigenvalue weighted by Gasteiger charge is -2.24. The van der Waals surface area contributed by atoms with Crippen molar-refractivity contribution in [3.8, 4) is 0 Å². The van der Waals surface area contributed by atoms with Crippen LogP contribution in [0.15, 0.2) is 0 Å². The molecule has 21 heavy (non-hydrogen) atoms. The fourth-order valence-corrected chi connectivity index (χ4v) is 2.45. The quantitative estimate of drug-likeness (QED) is 0.801. The minimum Gasteiger partial charge on any atom is -0.480 e. The van der Waals surface area contributed by atoms with Crippen LogP contribution in [0.3, 0.4) is 0 Å². The summed E-state index contributed by atoms with van der Waals surface area (Å²) in [5.41, 5.74) is 2.56. The summed E-state index contributed by atoms with van der Waals surface area (Å²) in [5, 5.41) is 13.2. The van der Waals surface area contributed by atoms with Crippen LogP contribution in [0.2, 0.25) is 0 Å². The molecule has 1 heterocycles. The summed E-state index contributed by atoms with van der Waals surface area (Å²) in [6, 6.07) is 0. The lowest BCUT2D eigenvalue weighted by Crippen LogP contribution is -2.40. The highest BCUT2D eigenvalue weighted by Crippen LogP contribution is 2.24. The van der Waals surface area contributed by atoms with E-state index in [1.54, 1.807) is 11.6 Å². The molecule has 1 aromatic rings. The van der Waals surface area contributed by atoms with Gasteiger partial charge in [0, 0.05) is 32.0 Å². The van der Waals surface area contributed by atoms with E-state index < -0.39 is 11.9 Å². The smallest absolute Gasteiger partial charge is 0.323 e. The minimum absolute atomic E-state index is 0.228. The Bertz CT molecular complexity index is 525. The Kier molecular flexibility index (Phi) is 5.90. The molecule has 0 spiro atoms. The number of aryl methyl sites for hydroxylation is 2. The summed E-state index contributed by atoms with van der Waals surface area (Å²) in [5.74, 6) is -1.70. The molecule has 0 saturated heterocycles. The van der Waals surface area contributed by atoms with Gasteiger partial charge in [-0.3, -0.25) is 14.3 Å². The average molecular weight is 297 g/mol. The first-order valence-corrected chi connectivity index (χ1v) is 6.79. The van der Waals surface area contributed by atoms with E-state index in [4.69, 9.17) is 9.84 Å². The zero-order valence-electron chi connectivity index (χ0n) is 13.2. The lowest BCUT2D eigenvalue weighted by atomic mass is 9.97. The number of carbonyl (C=O) groups is 2. The van der Waals surface area contributed by atoms with Crippen molar-refractivity contribution in [2.45, 2.75) is 26.7 Å². The van der Waals surface area contributed by atoms with E-state index in [1.807, 2.05) is 20.9 Å². The van der Waals surface area contributed by atoms with Crippen molar-refractivity contribution < 1.29 is 19.4 Å². The van der Waals surface area contributed by atoms with Gasteiger partial charge in [0.05, 0.1) is 18.2 Å². The highest BCUT2D eigenvalue weighted by atomic mass is 16.5. The summed E-state index contributed by atoms with van der Waals surface area (Å²) >= 11 is 0. The fraction of sp³-hybridized carbons (Fsp3) is 0.643. The molecule has 1 aromatic heterocycles. The Hall–Kier alpha value is -1.89. The SMILES string of the molecule is COCCN(CC(=O)O)C(=O)C(C)c1c(C)nn(C)c1C. The molecule has 0 aliphatic carbocycles. The second-order valence-electron chi connectivity index (χ2n) is 5.08. The maximum atomic E-state index is 12.6. The maximum absolute atomic E-state index is 12.6. The Labute approximate surface area is 124 Å². The van der Waals surface area contributed by atoms with Gasteiger partial charge < -0.3 is 14.7 Å². The van der Waals surface area contributed by atoms with Crippen molar-refractivity contribution in [3.05, 3.63) is 17.0 Å². The van der Waals surface area contributed by atoms with Gasteiger partial charge in [0.1, 0.15) is 6.54 Å². The molecule has 7 nitrogen and oxygen atoms in total. The van der Waals surface area contributed by atoms with Gasteiger partial charge in [0.15, 0.2) is 0 Å². The van der Waals surface area contributed by atoms with Gasteiger partial charge in [-0.25, -0.2) is 0 Å². The third-order valence-corrected chi connectivity index (χ3v) is 3.57. The van der Waals surface area contributed by atoms with Crippen molar-refractivity contribution in [2.75, 3.05) is 26.8 Å². The molecule has 1 unspecified atom stereocenters. The molecule has 1 N–H and O–H groups in total. The van der Waals surface area contributed by atoms with E-state index in [2.05, 4.69) is 5.10 Å². The number of ether oxygens (including phenoxy) is 1. The zero-order valence-corrected chi connectivity index (χ0v) is 13.2. The number of nitrogens with zero attached hydrogens (tertiary/aromatic N) is 3. The Morgan fingerprint density at radius 1 is 1.43 bits per heavy atom. The van der Waals surface area contributed by atoms with Gasteiger partial charge in [-0.15, -0.1) is 0 Å². The van der Waals surface area contributed by atoms with Gasteiger partial charge in [-0.05, 0) is 20.8 Å². The third-order valence-electron chi connectivity index (χ3n) is 3.57. The molecule has 1 atom stereocenters. The summed E-state index contributed by atoms with van der Waals surface area (Å²) in [6.45, 7) is 5.76. The molecule has 0 aromatic carbocycles. The summed E-state index contributed by atoms with van der Waals surface area (Å²) in [6.07, 6.45) is 0.